The summed E-state index contributed by atoms with van der Waals surface area (Å²) in [7, 11) is 0. The number of pyridine rings is 1. The predicted octanol–water partition coefficient (Wildman–Crippen LogP) is 3.72. The third-order valence-corrected chi connectivity index (χ3v) is 3.53. The van der Waals surface area contributed by atoms with Gasteiger partial charge in [0.25, 0.3) is 0 Å². The molecule has 2 aromatic heterocycles. The number of hydrogen-bond donors (Lipinski definition) is 1. The van der Waals surface area contributed by atoms with Crippen LogP contribution in [0.25, 0.3) is 10.9 Å². The Labute approximate surface area is 118 Å². The van der Waals surface area contributed by atoms with E-state index in [0.717, 1.165) is 24.2 Å². The van der Waals surface area contributed by atoms with Crippen molar-refractivity contribution in [2.24, 2.45) is 0 Å². The molecule has 3 rings (SSSR count). The van der Waals surface area contributed by atoms with Crippen molar-refractivity contribution in [3.63, 3.8) is 0 Å². The van der Waals surface area contributed by atoms with E-state index in [1.807, 2.05) is 24.4 Å². The van der Waals surface area contributed by atoms with E-state index >= 15 is 0 Å². The summed E-state index contributed by atoms with van der Waals surface area (Å²) >= 11 is 0. The first kappa shape index (κ1) is 12.9. The lowest BCUT2D eigenvalue weighted by atomic mass is 10.1. The van der Waals surface area contributed by atoms with Gasteiger partial charge >= 0.3 is 0 Å². The van der Waals surface area contributed by atoms with Crippen LogP contribution in [0.3, 0.4) is 0 Å². The van der Waals surface area contributed by atoms with Gasteiger partial charge in [0.1, 0.15) is 5.76 Å². The molecule has 0 radical (unpaired) electrons. The lowest BCUT2D eigenvalue weighted by molar-refractivity contribution is 0.433. The van der Waals surface area contributed by atoms with Gasteiger partial charge in [-0.1, -0.05) is 24.3 Å². The third-order valence-electron chi connectivity index (χ3n) is 3.53. The van der Waals surface area contributed by atoms with Crippen molar-refractivity contribution in [2.45, 2.75) is 19.4 Å². The highest BCUT2D eigenvalue weighted by molar-refractivity contribution is 5.81. The van der Waals surface area contributed by atoms with Crippen LogP contribution in [0.1, 0.15) is 24.3 Å². The average molecular weight is 266 g/mol. The topological polar surface area (TPSA) is 38.1 Å². The van der Waals surface area contributed by atoms with Gasteiger partial charge in [0.2, 0.25) is 0 Å². The quantitative estimate of drug-likeness (QED) is 0.764. The van der Waals surface area contributed by atoms with E-state index in [1.54, 1.807) is 6.26 Å². The summed E-state index contributed by atoms with van der Waals surface area (Å²) in [6.07, 6.45) is 4.52. The van der Waals surface area contributed by atoms with E-state index in [9.17, 15) is 0 Å². The molecule has 1 N–H and O–H groups in total. The Balaban J connectivity index is 1.66. The summed E-state index contributed by atoms with van der Waals surface area (Å²) in [4.78, 5) is 4.48. The van der Waals surface area contributed by atoms with Gasteiger partial charge in [-0.2, -0.15) is 0 Å². The van der Waals surface area contributed by atoms with Crippen LogP contribution >= 0.6 is 0 Å². The van der Waals surface area contributed by atoms with Gasteiger partial charge in [0.15, 0.2) is 0 Å². The second-order valence-electron chi connectivity index (χ2n) is 4.93. The fraction of sp³-hybridized carbons (Fsp3) is 0.235. The molecule has 2 heterocycles. The van der Waals surface area contributed by atoms with Gasteiger partial charge in [-0.15, -0.1) is 0 Å². The molecule has 0 aliphatic heterocycles. The number of nitrogens with zero attached hydrogens (tertiary/aromatic N) is 1. The zero-order valence-electron chi connectivity index (χ0n) is 11.5. The fourth-order valence-corrected chi connectivity index (χ4v) is 2.43. The molecule has 3 aromatic rings. The monoisotopic (exact) mass is 266 g/mol. The number of nitrogens with one attached hydrogen (secondary N) is 1. The second kappa shape index (κ2) is 5.88. The first-order valence-electron chi connectivity index (χ1n) is 6.94. The van der Waals surface area contributed by atoms with Crippen molar-refractivity contribution in [3.05, 3.63) is 66.2 Å². The smallest absolute Gasteiger partial charge is 0.120 e. The van der Waals surface area contributed by atoms with Crippen molar-refractivity contribution in [1.29, 1.82) is 0 Å². The molecule has 1 atom stereocenters. The first-order chi connectivity index (χ1) is 9.84. The van der Waals surface area contributed by atoms with Crippen LogP contribution < -0.4 is 5.32 Å². The Bertz CT molecular complexity index is 671. The molecule has 20 heavy (non-hydrogen) atoms. The normalized spacial score (nSPS) is 12.7. The molecule has 102 valence electrons. The molecular formula is C17H18N2O. The van der Waals surface area contributed by atoms with E-state index in [0.29, 0.717) is 0 Å². The molecule has 0 aliphatic carbocycles. The Hall–Kier alpha value is -2.13. The summed E-state index contributed by atoms with van der Waals surface area (Å²) in [5, 5.41) is 4.67. The standard InChI is InChI=1S/C17H18N2O/c1-13(16-8-4-12-20-16)18-11-9-15-6-2-5-14-7-3-10-19-17(14)15/h2-8,10,12-13,18H,9,11H2,1H3. The van der Waals surface area contributed by atoms with Crippen molar-refractivity contribution in [3.8, 4) is 0 Å². The molecule has 1 unspecified atom stereocenters. The van der Waals surface area contributed by atoms with E-state index < -0.39 is 0 Å². The largest absolute Gasteiger partial charge is 0.468 e. The Morgan fingerprint density at radius 1 is 1.15 bits per heavy atom. The molecule has 0 saturated carbocycles. The highest BCUT2D eigenvalue weighted by Crippen LogP contribution is 2.17. The summed E-state index contributed by atoms with van der Waals surface area (Å²) in [5.74, 6) is 0.973. The number of hydrogen-bond acceptors (Lipinski definition) is 3. The number of para-hydroxylation sites is 1. The number of aromatic nitrogens is 1. The summed E-state index contributed by atoms with van der Waals surface area (Å²) in [6, 6.07) is 14.6. The van der Waals surface area contributed by atoms with Crippen molar-refractivity contribution < 1.29 is 4.42 Å². The summed E-state index contributed by atoms with van der Waals surface area (Å²) in [6.45, 7) is 3.01. The predicted molar refractivity (Wildman–Crippen MR) is 80.6 cm³/mol. The average Bonchev–Trinajstić information content (AvgIpc) is 3.02. The molecular weight excluding hydrogens is 248 g/mol. The number of furan rings is 1. The zero-order valence-corrected chi connectivity index (χ0v) is 11.5. The maximum atomic E-state index is 5.39. The Kier molecular flexibility index (Phi) is 3.79. The van der Waals surface area contributed by atoms with Gasteiger partial charge in [-0.05, 0) is 43.7 Å². The van der Waals surface area contributed by atoms with Gasteiger partial charge in [-0.3, -0.25) is 4.98 Å². The highest BCUT2D eigenvalue weighted by atomic mass is 16.3. The minimum atomic E-state index is 0.230. The minimum absolute atomic E-state index is 0.230. The molecule has 0 bridgehead atoms. The zero-order chi connectivity index (χ0) is 13.8. The van der Waals surface area contributed by atoms with Crippen LogP contribution in [0.15, 0.2) is 59.3 Å². The third kappa shape index (κ3) is 2.73. The molecule has 0 aliphatic rings. The van der Waals surface area contributed by atoms with Crippen LogP contribution in [0.4, 0.5) is 0 Å². The Morgan fingerprint density at radius 3 is 2.90 bits per heavy atom. The lowest BCUT2D eigenvalue weighted by Gasteiger charge is -2.11. The van der Waals surface area contributed by atoms with Gasteiger partial charge in [0, 0.05) is 11.6 Å². The maximum Gasteiger partial charge on any atom is 0.120 e. The van der Waals surface area contributed by atoms with Crippen LogP contribution in [-0.2, 0) is 6.42 Å². The van der Waals surface area contributed by atoms with Crippen molar-refractivity contribution in [2.75, 3.05) is 6.54 Å². The Morgan fingerprint density at radius 2 is 2.05 bits per heavy atom. The van der Waals surface area contributed by atoms with Gasteiger partial charge in [-0.25, -0.2) is 0 Å². The van der Waals surface area contributed by atoms with Crippen LogP contribution in [0.5, 0.6) is 0 Å². The maximum absolute atomic E-state index is 5.39. The summed E-state index contributed by atoms with van der Waals surface area (Å²) < 4.78 is 5.39. The first-order valence-corrected chi connectivity index (χ1v) is 6.94. The number of fused-ring (bicyclic) bond motifs is 1. The van der Waals surface area contributed by atoms with Crippen molar-refractivity contribution in [1.82, 2.24) is 10.3 Å². The van der Waals surface area contributed by atoms with E-state index in [2.05, 4.69) is 41.5 Å². The molecule has 0 saturated heterocycles. The van der Waals surface area contributed by atoms with E-state index in [1.165, 1.54) is 10.9 Å². The lowest BCUT2D eigenvalue weighted by Crippen LogP contribution is -2.21. The molecule has 0 amide bonds. The van der Waals surface area contributed by atoms with E-state index in [-0.39, 0.29) is 6.04 Å². The molecule has 3 heteroatoms. The molecule has 0 spiro atoms. The molecule has 1 aromatic carbocycles. The highest BCUT2D eigenvalue weighted by Gasteiger charge is 2.07. The van der Waals surface area contributed by atoms with Gasteiger partial charge in [0.05, 0.1) is 17.8 Å². The van der Waals surface area contributed by atoms with Crippen LogP contribution in [-0.4, -0.2) is 11.5 Å². The number of rotatable bonds is 5. The SMILES string of the molecule is CC(NCCc1cccc2cccnc12)c1ccco1. The molecule has 3 nitrogen and oxygen atoms in total. The van der Waals surface area contributed by atoms with E-state index in [4.69, 9.17) is 4.42 Å². The fourth-order valence-electron chi connectivity index (χ4n) is 2.43. The minimum Gasteiger partial charge on any atom is -0.468 e. The number of benzene rings is 1. The second-order valence-corrected chi connectivity index (χ2v) is 4.93. The van der Waals surface area contributed by atoms with Crippen LogP contribution in [0, 0.1) is 0 Å². The van der Waals surface area contributed by atoms with Gasteiger partial charge < -0.3 is 9.73 Å². The molecule has 0 fully saturated rings. The van der Waals surface area contributed by atoms with Crippen LogP contribution in [0.2, 0.25) is 0 Å². The van der Waals surface area contributed by atoms with Crippen molar-refractivity contribution >= 4 is 10.9 Å². The summed E-state index contributed by atoms with van der Waals surface area (Å²) in [5.41, 5.74) is 2.38.